The summed E-state index contributed by atoms with van der Waals surface area (Å²) in [6.07, 6.45) is 1.93. The van der Waals surface area contributed by atoms with Crippen LogP contribution in [0.15, 0.2) is 10.7 Å². The Morgan fingerprint density at radius 3 is 2.76 bits per heavy atom. The highest BCUT2D eigenvalue weighted by Crippen LogP contribution is 2.31. The van der Waals surface area contributed by atoms with E-state index in [0.717, 1.165) is 0 Å². The normalized spacial score (nSPS) is 24.0. The topological polar surface area (TPSA) is 83.6 Å². The molecule has 1 unspecified atom stereocenters. The maximum atomic E-state index is 12.0. The van der Waals surface area contributed by atoms with Gasteiger partial charge in [0, 0.05) is 18.7 Å². The molecule has 1 aliphatic heterocycles. The van der Waals surface area contributed by atoms with E-state index in [0.29, 0.717) is 18.5 Å². The molecule has 2 heterocycles. The maximum Gasteiger partial charge on any atom is 0.311 e. The summed E-state index contributed by atoms with van der Waals surface area (Å²) in [6.45, 7) is 4.02. The molecule has 1 N–H and O–H groups in total. The fourth-order valence-electron chi connectivity index (χ4n) is 1.95. The Balaban J connectivity index is 2.15. The van der Waals surface area contributed by atoms with Gasteiger partial charge in [0.05, 0.1) is 11.6 Å². The predicted molar refractivity (Wildman–Crippen MR) is 57.5 cm³/mol. The minimum atomic E-state index is -0.873. The van der Waals surface area contributed by atoms with Gasteiger partial charge in [-0.1, -0.05) is 5.16 Å². The van der Waals surface area contributed by atoms with E-state index in [9.17, 15) is 9.59 Å². The first-order valence-electron chi connectivity index (χ1n) is 5.38. The molecule has 92 valence electrons. The summed E-state index contributed by atoms with van der Waals surface area (Å²) >= 11 is 0. The van der Waals surface area contributed by atoms with Crippen LogP contribution in [-0.4, -0.2) is 40.1 Å². The molecule has 1 aromatic heterocycles. The Labute approximate surface area is 98.2 Å². The first-order valence-corrected chi connectivity index (χ1v) is 5.38. The van der Waals surface area contributed by atoms with Crippen molar-refractivity contribution in [3.63, 3.8) is 0 Å². The molecule has 2 rings (SSSR count). The summed E-state index contributed by atoms with van der Waals surface area (Å²) in [7, 11) is 0. The SMILES string of the molecule is Cc1cnoc1C(=O)N1CCC(C)(C(=O)O)C1. The Morgan fingerprint density at radius 1 is 1.59 bits per heavy atom. The van der Waals surface area contributed by atoms with Crippen LogP contribution >= 0.6 is 0 Å². The zero-order valence-corrected chi connectivity index (χ0v) is 9.77. The van der Waals surface area contributed by atoms with Crippen molar-refractivity contribution in [2.75, 3.05) is 13.1 Å². The summed E-state index contributed by atoms with van der Waals surface area (Å²) in [4.78, 5) is 24.6. The number of nitrogens with zero attached hydrogens (tertiary/aromatic N) is 2. The van der Waals surface area contributed by atoms with Crippen LogP contribution in [-0.2, 0) is 4.79 Å². The molecule has 1 aliphatic rings. The van der Waals surface area contributed by atoms with Crippen LogP contribution in [0, 0.1) is 12.3 Å². The Morgan fingerprint density at radius 2 is 2.29 bits per heavy atom. The van der Waals surface area contributed by atoms with E-state index in [4.69, 9.17) is 9.63 Å². The maximum absolute atomic E-state index is 12.0. The average molecular weight is 238 g/mol. The van der Waals surface area contributed by atoms with E-state index in [-0.39, 0.29) is 18.2 Å². The Kier molecular flexibility index (Phi) is 2.65. The first kappa shape index (κ1) is 11.6. The fraction of sp³-hybridized carbons (Fsp3) is 0.545. The number of rotatable bonds is 2. The number of likely N-dealkylation sites (tertiary alicyclic amines) is 1. The first-order chi connectivity index (χ1) is 7.94. The molecule has 1 fully saturated rings. The number of carbonyl (C=O) groups excluding carboxylic acids is 1. The molecule has 0 saturated carbocycles. The molecule has 1 atom stereocenters. The largest absolute Gasteiger partial charge is 0.481 e. The van der Waals surface area contributed by atoms with Gasteiger partial charge in [-0.15, -0.1) is 0 Å². The molecule has 0 aliphatic carbocycles. The van der Waals surface area contributed by atoms with Crippen molar-refractivity contribution in [1.29, 1.82) is 0 Å². The molecule has 0 bridgehead atoms. The van der Waals surface area contributed by atoms with Crippen LogP contribution in [0.5, 0.6) is 0 Å². The van der Waals surface area contributed by atoms with Gasteiger partial charge in [-0.2, -0.15) is 0 Å². The minimum absolute atomic E-state index is 0.194. The third-order valence-corrected chi connectivity index (χ3v) is 3.22. The van der Waals surface area contributed by atoms with Crippen molar-refractivity contribution in [2.24, 2.45) is 5.41 Å². The molecule has 6 nitrogen and oxygen atoms in total. The van der Waals surface area contributed by atoms with Crippen molar-refractivity contribution < 1.29 is 19.2 Å². The van der Waals surface area contributed by atoms with Crippen LogP contribution in [0.4, 0.5) is 0 Å². The lowest BCUT2D eigenvalue weighted by molar-refractivity contribution is -0.147. The van der Waals surface area contributed by atoms with Gasteiger partial charge in [-0.05, 0) is 20.3 Å². The van der Waals surface area contributed by atoms with Crippen LogP contribution < -0.4 is 0 Å². The number of hydrogen-bond acceptors (Lipinski definition) is 4. The molecular weight excluding hydrogens is 224 g/mol. The van der Waals surface area contributed by atoms with Gasteiger partial charge in [0.1, 0.15) is 0 Å². The second-order valence-corrected chi connectivity index (χ2v) is 4.68. The lowest BCUT2D eigenvalue weighted by Crippen LogP contribution is -2.34. The molecule has 1 amide bonds. The average Bonchev–Trinajstić information content (AvgIpc) is 2.85. The van der Waals surface area contributed by atoms with E-state index in [2.05, 4.69) is 5.16 Å². The van der Waals surface area contributed by atoms with Crippen LogP contribution in [0.25, 0.3) is 0 Å². The molecule has 0 radical (unpaired) electrons. The second kappa shape index (κ2) is 3.87. The monoisotopic (exact) mass is 238 g/mol. The number of carboxylic acid groups (broad SMARTS) is 1. The third kappa shape index (κ3) is 1.90. The van der Waals surface area contributed by atoms with Gasteiger partial charge in [0.15, 0.2) is 0 Å². The summed E-state index contributed by atoms with van der Waals surface area (Å²) in [5.74, 6) is -0.966. The zero-order valence-electron chi connectivity index (χ0n) is 9.77. The second-order valence-electron chi connectivity index (χ2n) is 4.68. The number of aromatic nitrogens is 1. The highest BCUT2D eigenvalue weighted by molar-refractivity contribution is 5.93. The zero-order chi connectivity index (χ0) is 12.6. The fourth-order valence-corrected chi connectivity index (χ4v) is 1.95. The molecule has 1 aromatic rings. The van der Waals surface area contributed by atoms with Crippen molar-refractivity contribution in [2.45, 2.75) is 20.3 Å². The highest BCUT2D eigenvalue weighted by Gasteiger charge is 2.43. The van der Waals surface area contributed by atoms with Crippen LogP contribution in [0.2, 0.25) is 0 Å². The van der Waals surface area contributed by atoms with E-state index in [1.165, 1.54) is 11.1 Å². The molecule has 0 aromatic carbocycles. The van der Waals surface area contributed by atoms with Gasteiger partial charge in [-0.3, -0.25) is 9.59 Å². The standard InChI is InChI=1S/C11H14N2O4/c1-7-5-12-17-8(7)9(14)13-4-3-11(2,6-13)10(15)16/h5H,3-4,6H2,1-2H3,(H,15,16). The smallest absolute Gasteiger partial charge is 0.311 e. The van der Waals surface area contributed by atoms with Crippen LogP contribution in [0.1, 0.15) is 29.5 Å². The lowest BCUT2D eigenvalue weighted by atomic mass is 9.90. The minimum Gasteiger partial charge on any atom is -0.481 e. The summed E-state index contributed by atoms with van der Waals surface area (Å²) < 4.78 is 4.88. The summed E-state index contributed by atoms with van der Waals surface area (Å²) in [5.41, 5.74) is -0.192. The van der Waals surface area contributed by atoms with E-state index in [1.54, 1.807) is 13.8 Å². The quantitative estimate of drug-likeness (QED) is 0.828. The highest BCUT2D eigenvalue weighted by atomic mass is 16.5. The van der Waals surface area contributed by atoms with Crippen molar-refractivity contribution in [3.8, 4) is 0 Å². The third-order valence-electron chi connectivity index (χ3n) is 3.22. The van der Waals surface area contributed by atoms with E-state index >= 15 is 0 Å². The molecular formula is C11H14N2O4. The summed E-state index contributed by atoms with van der Waals surface area (Å²) in [5, 5.41) is 12.6. The number of carboxylic acids is 1. The van der Waals surface area contributed by atoms with E-state index < -0.39 is 11.4 Å². The van der Waals surface area contributed by atoms with Crippen molar-refractivity contribution >= 4 is 11.9 Å². The number of hydrogen-bond donors (Lipinski definition) is 1. The number of amides is 1. The Hall–Kier alpha value is -1.85. The number of aryl methyl sites for hydroxylation is 1. The molecule has 1 saturated heterocycles. The van der Waals surface area contributed by atoms with Crippen molar-refractivity contribution in [1.82, 2.24) is 10.1 Å². The van der Waals surface area contributed by atoms with Crippen molar-refractivity contribution in [3.05, 3.63) is 17.5 Å². The number of carbonyl (C=O) groups is 2. The van der Waals surface area contributed by atoms with Gasteiger partial charge in [0.25, 0.3) is 5.91 Å². The Bertz CT molecular complexity index is 468. The van der Waals surface area contributed by atoms with Gasteiger partial charge >= 0.3 is 5.97 Å². The van der Waals surface area contributed by atoms with Crippen LogP contribution in [0.3, 0.4) is 0 Å². The van der Waals surface area contributed by atoms with Gasteiger partial charge in [0.2, 0.25) is 5.76 Å². The van der Waals surface area contributed by atoms with E-state index in [1.807, 2.05) is 0 Å². The number of aliphatic carboxylic acids is 1. The predicted octanol–water partition coefficient (Wildman–Crippen LogP) is 0.920. The lowest BCUT2D eigenvalue weighted by Gasteiger charge is -2.19. The van der Waals surface area contributed by atoms with Gasteiger partial charge < -0.3 is 14.5 Å². The molecule has 0 spiro atoms. The molecule has 17 heavy (non-hydrogen) atoms. The van der Waals surface area contributed by atoms with Gasteiger partial charge in [-0.25, -0.2) is 0 Å². The molecule has 6 heteroatoms. The summed E-state index contributed by atoms with van der Waals surface area (Å²) in [6, 6.07) is 0.